The number of ketones is 1. The lowest BCUT2D eigenvalue weighted by atomic mass is 9.81. The molecule has 18 heavy (non-hydrogen) atoms. The van der Waals surface area contributed by atoms with Gasteiger partial charge in [-0.1, -0.05) is 31.5 Å². The third-order valence-corrected chi connectivity index (χ3v) is 4.10. The fraction of sp³-hybridized carbons (Fsp3) is 0.533. The van der Waals surface area contributed by atoms with Gasteiger partial charge in [0, 0.05) is 12.0 Å². The average molecular weight is 266 g/mol. The molecule has 1 fully saturated rings. The number of Topliss-reactive ketones (excluding diaryl/α,β-unsaturated/α-hetero) is 1. The van der Waals surface area contributed by atoms with Crippen molar-refractivity contribution in [2.45, 2.75) is 34.1 Å². The summed E-state index contributed by atoms with van der Waals surface area (Å²) in [6, 6.07) is 4.08. The van der Waals surface area contributed by atoms with Crippen LogP contribution in [0, 0.1) is 19.3 Å². The van der Waals surface area contributed by atoms with Crippen molar-refractivity contribution in [2.75, 3.05) is 18.0 Å². The Morgan fingerprint density at radius 1 is 1.28 bits per heavy atom. The zero-order valence-corrected chi connectivity index (χ0v) is 12.3. The highest BCUT2D eigenvalue weighted by Gasteiger charge is 2.34. The van der Waals surface area contributed by atoms with Crippen LogP contribution in [0.25, 0.3) is 0 Å². The summed E-state index contributed by atoms with van der Waals surface area (Å²) in [7, 11) is 0. The number of benzene rings is 1. The van der Waals surface area contributed by atoms with Gasteiger partial charge in [0.25, 0.3) is 0 Å². The SMILES string of the molecule is Cc1cc(C)c(N2CCC(C)(C)C(=O)C2)c(Cl)c1. The second kappa shape index (κ2) is 4.58. The van der Waals surface area contributed by atoms with E-state index >= 15 is 0 Å². The molecule has 0 bridgehead atoms. The maximum absolute atomic E-state index is 12.1. The first-order valence-corrected chi connectivity index (χ1v) is 6.74. The van der Waals surface area contributed by atoms with Crippen LogP contribution in [0.4, 0.5) is 5.69 Å². The van der Waals surface area contributed by atoms with Crippen LogP contribution < -0.4 is 4.90 Å². The average Bonchev–Trinajstić information content (AvgIpc) is 2.22. The number of hydrogen-bond acceptors (Lipinski definition) is 2. The van der Waals surface area contributed by atoms with Gasteiger partial charge in [-0.25, -0.2) is 0 Å². The first-order chi connectivity index (χ1) is 8.31. The number of piperidine rings is 1. The third-order valence-electron chi connectivity index (χ3n) is 3.81. The predicted molar refractivity (Wildman–Crippen MR) is 76.5 cm³/mol. The zero-order valence-electron chi connectivity index (χ0n) is 11.5. The molecule has 1 heterocycles. The summed E-state index contributed by atoms with van der Waals surface area (Å²) >= 11 is 6.33. The van der Waals surface area contributed by atoms with Gasteiger partial charge < -0.3 is 4.90 Å². The van der Waals surface area contributed by atoms with E-state index in [0.29, 0.717) is 12.3 Å². The summed E-state index contributed by atoms with van der Waals surface area (Å²) in [5.74, 6) is 0.296. The molecule has 0 atom stereocenters. The van der Waals surface area contributed by atoms with Crippen LogP contribution in [-0.2, 0) is 4.79 Å². The van der Waals surface area contributed by atoms with Crippen molar-refractivity contribution in [3.05, 3.63) is 28.3 Å². The Balaban J connectivity index is 2.32. The van der Waals surface area contributed by atoms with E-state index in [4.69, 9.17) is 11.6 Å². The lowest BCUT2D eigenvalue weighted by molar-refractivity contribution is -0.127. The van der Waals surface area contributed by atoms with E-state index in [1.807, 2.05) is 26.8 Å². The van der Waals surface area contributed by atoms with Gasteiger partial charge >= 0.3 is 0 Å². The van der Waals surface area contributed by atoms with Crippen molar-refractivity contribution in [1.29, 1.82) is 0 Å². The summed E-state index contributed by atoms with van der Waals surface area (Å²) in [6.07, 6.45) is 0.884. The number of rotatable bonds is 1. The fourth-order valence-electron chi connectivity index (χ4n) is 2.52. The molecule has 2 nitrogen and oxygen atoms in total. The van der Waals surface area contributed by atoms with Gasteiger partial charge in [0.1, 0.15) is 0 Å². The Hall–Kier alpha value is -1.02. The molecule has 1 aromatic carbocycles. The van der Waals surface area contributed by atoms with Crippen molar-refractivity contribution in [3.8, 4) is 0 Å². The van der Waals surface area contributed by atoms with Crippen LogP contribution >= 0.6 is 11.6 Å². The van der Waals surface area contributed by atoms with Crippen molar-refractivity contribution >= 4 is 23.1 Å². The normalized spacial score (nSPS) is 19.2. The Labute approximate surface area is 114 Å². The molecule has 98 valence electrons. The lowest BCUT2D eigenvalue weighted by Crippen LogP contribution is -2.45. The van der Waals surface area contributed by atoms with Crippen LogP contribution in [0.15, 0.2) is 12.1 Å². The monoisotopic (exact) mass is 265 g/mol. The highest BCUT2D eigenvalue weighted by atomic mass is 35.5. The van der Waals surface area contributed by atoms with Crippen LogP contribution in [0.3, 0.4) is 0 Å². The molecule has 0 unspecified atom stereocenters. The number of hydrogen-bond donors (Lipinski definition) is 0. The second-order valence-electron chi connectivity index (χ2n) is 5.89. The van der Waals surface area contributed by atoms with Crippen LogP contribution in [-0.4, -0.2) is 18.9 Å². The maximum Gasteiger partial charge on any atom is 0.157 e. The quantitative estimate of drug-likeness (QED) is 0.771. The second-order valence-corrected chi connectivity index (χ2v) is 6.30. The van der Waals surface area contributed by atoms with Gasteiger partial charge in [0.2, 0.25) is 0 Å². The molecule has 0 saturated carbocycles. The predicted octanol–water partition coefficient (Wildman–Crippen LogP) is 3.76. The molecular formula is C15H20ClNO. The van der Waals surface area contributed by atoms with Crippen molar-refractivity contribution in [2.24, 2.45) is 5.41 Å². The Bertz CT molecular complexity index is 470. The highest BCUT2D eigenvalue weighted by molar-refractivity contribution is 6.33. The molecule has 1 aliphatic heterocycles. The van der Waals surface area contributed by atoms with Crippen molar-refractivity contribution in [1.82, 2.24) is 0 Å². The van der Waals surface area contributed by atoms with E-state index in [2.05, 4.69) is 17.9 Å². The van der Waals surface area contributed by atoms with E-state index in [1.54, 1.807) is 0 Å². The number of nitrogens with zero attached hydrogens (tertiary/aromatic N) is 1. The summed E-state index contributed by atoms with van der Waals surface area (Å²) in [6.45, 7) is 9.50. The topological polar surface area (TPSA) is 20.3 Å². The molecule has 0 aromatic heterocycles. The van der Waals surface area contributed by atoms with Crippen LogP contribution in [0.5, 0.6) is 0 Å². The first kappa shape index (κ1) is 13.4. The van der Waals surface area contributed by atoms with Crippen LogP contribution in [0.1, 0.15) is 31.4 Å². The number of anilines is 1. The van der Waals surface area contributed by atoms with E-state index in [0.717, 1.165) is 34.8 Å². The number of carbonyl (C=O) groups excluding carboxylic acids is 1. The van der Waals surface area contributed by atoms with E-state index < -0.39 is 0 Å². The van der Waals surface area contributed by atoms with E-state index in [-0.39, 0.29) is 5.41 Å². The van der Waals surface area contributed by atoms with Gasteiger partial charge in [-0.05, 0) is 37.5 Å². The molecule has 0 spiro atoms. The van der Waals surface area contributed by atoms with Gasteiger partial charge in [0.05, 0.1) is 17.3 Å². The minimum Gasteiger partial charge on any atom is -0.363 e. The van der Waals surface area contributed by atoms with Crippen molar-refractivity contribution < 1.29 is 4.79 Å². The maximum atomic E-state index is 12.1. The molecule has 0 N–H and O–H groups in total. The summed E-state index contributed by atoms with van der Waals surface area (Å²) in [5, 5.41) is 0.750. The number of carbonyl (C=O) groups is 1. The highest BCUT2D eigenvalue weighted by Crippen LogP contribution is 2.35. The van der Waals surface area contributed by atoms with Gasteiger partial charge in [-0.3, -0.25) is 4.79 Å². The zero-order chi connectivity index (χ0) is 13.5. The van der Waals surface area contributed by atoms with E-state index in [9.17, 15) is 4.79 Å². The van der Waals surface area contributed by atoms with Crippen molar-refractivity contribution in [3.63, 3.8) is 0 Å². The van der Waals surface area contributed by atoms with Crippen LogP contribution in [0.2, 0.25) is 5.02 Å². The first-order valence-electron chi connectivity index (χ1n) is 6.36. The lowest BCUT2D eigenvalue weighted by Gasteiger charge is -2.37. The molecule has 0 aliphatic carbocycles. The van der Waals surface area contributed by atoms with E-state index in [1.165, 1.54) is 0 Å². The Morgan fingerprint density at radius 2 is 1.94 bits per heavy atom. The molecular weight excluding hydrogens is 246 g/mol. The number of halogens is 1. The molecule has 1 aromatic rings. The number of aryl methyl sites for hydroxylation is 2. The smallest absolute Gasteiger partial charge is 0.157 e. The van der Waals surface area contributed by atoms with Gasteiger partial charge in [0.15, 0.2) is 5.78 Å². The minimum absolute atomic E-state index is 0.193. The largest absolute Gasteiger partial charge is 0.363 e. The van der Waals surface area contributed by atoms with Gasteiger partial charge in [-0.2, -0.15) is 0 Å². The molecule has 1 aliphatic rings. The molecule has 3 heteroatoms. The molecule has 0 radical (unpaired) electrons. The summed E-state index contributed by atoms with van der Waals surface area (Å²) in [4.78, 5) is 14.2. The molecule has 0 amide bonds. The Kier molecular flexibility index (Phi) is 3.41. The Morgan fingerprint density at radius 3 is 2.50 bits per heavy atom. The summed E-state index contributed by atoms with van der Waals surface area (Å²) < 4.78 is 0. The minimum atomic E-state index is -0.193. The third kappa shape index (κ3) is 2.39. The van der Waals surface area contributed by atoms with Gasteiger partial charge in [-0.15, -0.1) is 0 Å². The molecule has 2 rings (SSSR count). The summed E-state index contributed by atoms with van der Waals surface area (Å²) in [5.41, 5.74) is 3.13. The standard InChI is InChI=1S/C15H20ClNO/c1-10-7-11(2)14(12(16)8-10)17-6-5-15(3,4)13(18)9-17/h7-8H,5-6,9H2,1-4H3. The fourth-order valence-corrected chi connectivity index (χ4v) is 2.96. The molecule has 1 saturated heterocycles.